The molecule has 0 amide bonds. The summed E-state index contributed by atoms with van der Waals surface area (Å²) in [5.74, 6) is 0.906. The molecule has 0 saturated heterocycles. The number of rotatable bonds is 12. The van der Waals surface area contributed by atoms with Crippen LogP contribution in [0.3, 0.4) is 0 Å². The van der Waals surface area contributed by atoms with Crippen LogP contribution in [0, 0.1) is 0 Å². The lowest BCUT2D eigenvalue weighted by atomic mass is 9.82. The number of ether oxygens (including phenoxy) is 1. The molecule has 4 N–H and O–H groups in total. The zero-order valence-electron chi connectivity index (χ0n) is 16.2. The predicted molar refractivity (Wildman–Crippen MR) is 105 cm³/mol. The van der Waals surface area contributed by atoms with Crippen LogP contribution in [-0.4, -0.2) is 47.3 Å². The van der Waals surface area contributed by atoms with Crippen LogP contribution in [-0.2, 0) is 6.54 Å². The van der Waals surface area contributed by atoms with Crippen molar-refractivity contribution < 1.29 is 14.8 Å². The van der Waals surface area contributed by atoms with Crippen molar-refractivity contribution in [1.29, 1.82) is 0 Å². The highest BCUT2D eigenvalue weighted by Crippen LogP contribution is 2.18. The van der Waals surface area contributed by atoms with E-state index in [-0.39, 0.29) is 11.6 Å². The molecular formula is C19H35BN2O3. The maximum absolute atomic E-state index is 8.87. The minimum atomic E-state index is -1.20. The molecular weight excluding hydrogens is 315 g/mol. The van der Waals surface area contributed by atoms with Crippen molar-refractivity contribution in [3.63, 3.8) is 0 Å². The molecule has 0 aliphatic carbocycles. The highest BCUT2D eigenvalue weighted by molar-refractivity contribution is 6.40. The van der Waals surface area contributed by atoms with E-state index in [0.717, 1.165) is 44.5 Å². The first-order valence-corrected chi connectivity index (χ1v) is 9.27. The van der Waals surface area contributed by atoms with Crippen LogP contribution in [0.25, 0.3) is 0 Å². The predicted octanol–water partition coefficient (Wildman–Crippen LogP) is 2.66. The van der Waals surface area contributed by atoms with E-state index in [2.05, 4.69) is 31.0 Å². The van der Waals surface area contributed by atoms with E-state index in [9.17, 15) is 0 Å². The molecule has 0 aromatic heterocycles. The fraction of sp³-hybridized carbons (Fsp3) is 0.684. The van der Waals surface area contributed by atoms with E-state index < -0.39 is 7.12 Å². The standard InChI is InChI=1S/C19H35BN2O3/c1-16(2)25-18-9-7-17(8-10-18)15-22(4)14-12-19(3,21)11-5-6-13-20(23)24/h7-10,16,23-24H,5-6,11-15,21H2,1-4H3. The average Bonchev–Trinajstić information content (AvgIpc) is 2.51. The van der Waals surface area contributed by atoms with Gasteiger partial charge in [-0.15, -0.1) is 0 Å². The highest BCUT2D eigenvalue weighted by atomic mass is 16.5. The van der Waals surface area contributed by atoms with E-state index in [0.29, 0.717) is 6.32 Å². The molecule has 0 fully saturated rings. The third kappa shape index (κ3) is 10.5. The number of unbranched alkanes of at least 4 members (excludes halogenated alkanes) is 1. The smallest absolute Gasteiger partial charge is 0.451 e. The van der Waals surface area contributed by atoms with E-state index in [1.165, 1.54) is 5.56 Å². The Labute approximate surface area is 153 Å². The van der Waals surface area contributed by atoms with Gasteiger partial charge in [0.2, 0.25) is 0 Å². The summed E-state index contributed by atoms with van der Waals surface area (Å²) in [6, 6.07) is 8.25. The average molecular weight is 350 g/mol. The second-order valence-corrected chi connectivity index (χ2v) is 7.68. The normalized spacial score (nSPS) is 14.0. The summed E-state index contributed by atoms with van der Waals surface area (Å²) in [7, 11) is 0.906. The minimum absolute atomic E-state index is 0.191. The zero-order valence-corrected chi connectivity index (χ0v) is 16.2. The van der Waals surface area contributed by atoms with Gasteiger partial charge in [0, 0.05) is 12.1 Å². The second kappa shape index (κ2) is 10.8. The Bertz CT molecular complexity index is 478. The molecule has 0 radical (unpaired) electrons. The Morgan fingerprint density at radius 3 is 2.36 bits per heavy atom. The monoisotopic (exact) mass is 350 g/mol. The Balaban J connectivity index is 2.32. The molecule has 1 rings (SSSR count). The Hall–Kier alpha value is -1.08. The lowest BCUT2D eigenvalue weighted by molar-refractivity contribution is 0.242. The molecule has 1 aromatic carbocycles. The Kier molecular flexibility index (Phi) is 9.50. The van der Waals surface area contributed by atoms with Crippen LogP contribution in [0.2, 0.25) is 6.32 Å². The van der Waals surface area contributed by atoms with Gasteiger partial charge in [-0.1, -0.05) is 25.0 Å². The number of hydrogen-bond acceptors (Lipinski definition) is 5. The Morgan fingerprint density at radius 2 is 1.80 bits per heavy atom. The molecule has 5 nitrogen and oxygen atoms in total. The number of hydrogen-bond donors (Lipinski definition) is 3. The van der Waals surface area contributed by atoms with Gasteiger partial charge in [0.25, 0.3) is 0 Å². The number of benzene rings is 1. The van der Waals surface area contributed by atoms with Gasteiger partial charge in [0.1, 0.15) is 5.75 Å². The second-order valence-electron chi connectivity index (χ2n) is 7.68. The summed E-state index contributed by atoms with van der Waals surface area (Å²) >= 11 is 0. The van der Waals surface area contributed by atoms with Gasteiger partial charge in [-0.25, -0.2) is 0 Å². The van der Waals surface area contributed by atoms with Crippen LogP contribution in [0.4, 0.5) is 0 Å². The first-order valence-electron chi connectivity index (χ1n) is 9.27. The van der Waals surface area contributed by atoms with Gasteiger partial charge in [-0.2, -0.15) is 0 Å². The SMILES string of the molecule is CC(C)Oc1ccc(CN(C)CCC(C)(N)CCCCB(O)O)cc1. The zero-order chi connectivity index (χ0) is 18.9. The van der Waals surface area contributed by atoms with Gasteiger partial charge in [0.15, 0.2) is 0 Å². The molecule has 1 unspecified atom stereocenters. The summed E-state index contributed by atoms with van der Waals surface area (Å²) in [6.45, 7) is 7.94. The van der Waals surface area contributed by atoms with Crippen molar-refractivity contribution in [3.05, 3.63) is 29.8 Å². The molecule has 0 heterocycles. The molecule has 0 bridgehead atoms. The molecule has 1 aromatic rings. The lowest BCUT2D eigenvalue weighted by Crippen LogP contribution is -2.39. The third-order valence-corrected chi connectivity index (χ3v) is 4.27. The van der Waals surface area contributed by atoms with Crippen molar-refractivity contribution in [2.75, 3.05) is 13.6 Å². The molecule has 0 aliphatic heterocycles. The lowest BCUT2D eigenvalue weighted by Gasteiger charge is -2.27. The van der Waals surface area contributed by atoms with Crippen molar-refractivity contribution in [2.24, 2.45) is 5.73 Å². The van der Waals surface area contributed by atoms with Gasteiger partial charge in [-0.05, 0) is 71.2 Å². The van der Waals surface area contributed by atoms with E-state index in [4.69, 9.17) is 20.5 Å². The van der Waals surface area contributed by atoms with E-state index in [1.807, 2.05) is 26.0 Å². The Morgan fingerprint density at radius 1 is 1.16 bits per heavy atom. The third-order valence-electron chi connectivity index (χ3n) is 4.27. The highest BCUT2D eigenvalue weighted by Gasteiger charge is 2.19. The molecule has 0 spiro atoms. The van der Waals surface area contributed by atoms with Crippen molar-refractivity contribution >= 4 is 7.12 Å². The molecule has 142 valence electrons. The first-order chi connectivity index (χ1) is 11.7. The molecule has 1 atom stereocenters. The first kappa shape index (κ1) is 22.0. The van der Waals surface area contributed by atoms with Crippen LogP contribution in [0.1, 0.15) is 52.0 Å². The molecule has 25 heavy (non-hydrogen) atoms. The molecule has 0 aliphatic rings. The van der Waals surface area contributed by atoms with Gasteiger partial charge >= 0.3 is 7.12 Å². The maximum Gasteiger partial charge on any atom is 0.451 e. The van der Waals surface area contributed by atoms with Crippen LogP contribution in [0.15, 0.2) is 24.3 Å². The number of nitrogens with two attached hydrogens (primary N) is 1. The van der Waals surface area contributed by atoms with E-state index in [1.54, 1.807) is 0 Å². The summed E-state index contributed by atoms with van der Waals surface area (Å²) in [6.07, 6.45) is 4.15. The van der Waals surface area contributed by atoms with Crippen LogP contribution >= 0.6 is 0 Å². The summed E-state index contributed by atoms with van der Waals surface area (Å²) in [5.41, 5.74) is 7.41. The fourth-order valence-electron chi connectivity index (χ4n) is 2.76. The van der Waals surface area contributed by atoms with Crippen molar-refractivity contribution in [3.8, 4) is 5.75 Å². The summed E-state index contributed by atoms with van der Waals surface area (Å²) in [5, 5.41) is 17.7. The van der Waals surface area contributed by atoms with Crippen LogP contribution < -0.4 is 10.5 Å². The minimum Gasteiger partial charge on any atom is -0.491 e. The quantitative estimate of drug-likeness (QED) is 0.399. The van der Waals surface area contributed by atoms with E-state index >= 15 is 0 Å². The van der Waals surface area contributed by atoms with Crippen LogP contribution in [0.5, 0.6) is 5.75 Å². The van der Waals surface area contributed by atoms with Gasteiger partial charge in [-0.3, -0.25) is 0 Å². The van der Waals surface area contributed by atoms with Gasteiger partial charge < -0.3 is 25.4 Å². The largest absolute Gasteiger partial charge is 0.491 e. The topological polar surface area (TPSA) is 79.0 Å². The molecule has 6 heteroatoms. The van der Waals surface area contributed by atoms with Gasteiger partial charge in [0.05, 0.1) is 6.10 Å². The molecule has 0 saturated carbocycles. The summed E-state index contributed by atoms with van der Waals surface area (Å²) in [4.78, 5) is 2.28. The van der Waals surface area contributed by atoms with Crippen molar-refractivity contribution in [1.82, 2.24) is 4.90 Å². The number of nitrogens with zero attached hydrogens (tertiary/aromatic N) is 1. The summed E-state index contributed by atoms with van der Waals surface area (Å²) < 4.78 is 5.67. The maximum atomic E-state index is 8.87. The van der Waals surface area contributed by atoms with Crippen molar-refractivity contribution in [2.45, 2.75) is 71.0 Å². The fourth-order valence-corrected chi connectivity index (χ4v) is 2.76.